The molecule has 130 valence electrons. The zero-order valence-electron chi connectivity index (χ0n) is 15.2. The number of rotatable bonds is 6. The maximum atomic E-state index is 11.6. The zero-order valence-corrected chi connectivity index (χ0v) is 15.2. The Bertz CT molecular complexity index is 489. The van der Waals surface area contributed by atoms with E-state index in [0.717, 1.165) is 12.0 Å². The van der Waals surface area contributed by atoms with Crippen molar-refractivity contribution in [1.82, 2.24) is 0 Å². The van der Waals surface area contributed by atoms with Crippen LogP contribution in [-0.4, -0.2) is 17.0 Å². The van der Waals surface area contributed by atoms with E-state index in [2.05, 4.69) is 0 Å². The molecule has 0 aliphatic rings. The number of carboxylic acids is 1. The van der Waals surface area contributed by atoms with Crippen LogP contribution in [0.4, 0.5) is 0 Å². The Hall–Kier alpha value is -1.84. The Morgan fingerprint density at radius 3 is 1.78 bits per heavy atom. The van der Waals surface area contributed by atoms with Gasteiger partial charge in [-0.1, -0.05) is 44.2 Å². The van der Waals surface area contributed by atoms with Gasteiger partial charge in [0.25, 0.3) is 0 Å². The monoisotopic (exact) mass is 322 g/mol. The van der Waals surface area contributed by atoms with Gasteiger partial charge in [-0.2, -0.15) is 0 Å². The molecular formula is C19H30O4. The van der Waals surface area contributed by atoms with Crippen molar-refractivity contribution in [3.05, 3.63) is 35.9 Å². The van der Waals surface area contributed by atoms with Crippen LogP contribution in [0.1, 0.15) is 59.9 Å². The van der Waals surface area contributed by atoms with Crippen molar-refractivity contribution in [1.29, 1.82) is 0 Å². The molecule has 1 N–H and O–H groups in total. The number of ether oxygens (including phenoxy) is 1. The number of carbonyl (C=O) groups is 2. The Morgan fingerprint density at radius 1 is 0.957 bits per heavy atom. The van der Waals surface area contributed by atoms with Crippen LogP contribution < -0.4 is 0 Å². The smallest absolute Gasteiger partial charge is 0.311 e. The minimum atomic E-state index is -0.722. The van der Waals surface area contributed by atoms with Crippen LogP contribution in [0, 0.1) is 10.8 Å². The molecule has 4 heteroatoms. The molecule has 0 aliphatic heterocycles. The van der Waals surface area contributed by atoms with Crippen molar-refractivity contribution in [2.24, 2.45) is 10.8 Å². The van der Waals surface area contributed by atoms with Gasteiger partial charge in [0.15, 0.2) is 0 Å². The van der Waals surface area contributed by atoms with E-state index in [-0.39, 0.29) is 11.4 Å². The largest absolute Gasteiger partial charge is 0.481 e. The maximum Gasteiger partial charge on any atom is 0.311 e. The molecule has 0 radical (unpaired) electrons. The second kappa shape index (κ2) is 9.33. The highest BCUT2D eigenvalue weighted by Crippen LogP contribution is 2.22. The standard InChI is InChI=1S/C13H18O2.C6H12O2/c1-4-13(2,3)12(14)15-10-11-8-6-5-7-9-11;1-4-6(2,3)5(7)8/h5-9H,4,10H2,1-3H3;4H2,1-3H3,(H,7,8). The normalized spacial score (nSPS) is 11.2. The van der Waals surface area contributed by atoms with Gasteiger partial charge in [-0.15, -0.1) is 0 Å². The van der Waals surface area contributed by atoms with Gasteiger partial charge in [-0.05, 0) is 46.1 Å². The van der Waals surface area contributed by atoms with Gasteiger partial charge < -0.3 is 9.84 Å². The van der Waals surface area contributed by atoms with Gasteiger partial charge in [0.2, 0.25) is 0 Å². The van der Waals surface area contributed by atoms with Gasteiger partial charge in [-0.3, -0.25) is 9.59 Å². The van der Waals surface area contributed by atoms with Crippen molar-refractivity contribution in [2.75, 3.05) is 0 Å². The van der Waals surface area contributed by atoms with Crippen LogP contribution in [0.25, 0.3) is 0 Å². The average Bonchev–Trinajstić information content (AvgIpc) is 2.53. The molecule has 0 amide bonds. The predicted octanol–water partition coefficient (Wildman–Crippen LogP) is 4.67. The van der Waals surface area contributed by atoms with Gasteiger partial charge >= 0.3 is 11.9 Å². The van der Waals surface area contributed by atoms with Crippen LogP contribution in [0.2, 0.25) is 0 Å². The second-order valence-electron chi connectivity index (χ2n) is 6.84. The summed E-state index contributed by atoms with van der Waals surface area (Å²) in [6.45, 7) is 11.5. The third-order valence-corrected chi connectivity index (χ3v) is 4.11. The maximum absolute atomic E-state index is 11.6. The molecule has 1 aromatic carbocycles. The average molecular weight is 322 g/mol. The van der Waals surface area contributed by atoms with Crippen LogP contribution in [0.3, 0.4) is 0 Å². The summed E-state index contributed by atoms with van der Waals surface area (Å²) >= 11 is 0. The Kier molecular flexibility index (Phi) is 8.59. The summed E-state index contributed by atoms with van der Waals surface area (Å²) in [7, 11) is 0. The Balaban J connectivity index is 0.000000515. The molecule has 0 aliphatic carbocycles. The summed E-state index contributed by atoms with van der Waals surface area (Å²) in [5.74, 6) is -0.853. The lowest BCUT2D eigenvalue weighted by Gasteiger charge is -2.20. The molecule has 1 rings (SSSR count). The molecule has 0 saturated carbocycles. The summed E-state index contributed by atoms with van der Waals surface area (Å²) < 4.78 is 5.24. The molecule has 0 atom stereocenters. The number of hydrogen-bond donors (Lipinski definition) is 1. The molecule has 0 heterocycles. The van der Waals surface area contributed by atoms with Gasteiger partial charge in [-0.25, -0.2) is 0 Å². The lowest BCUT2D eigenvalue weighted by atomic mass is 9.91. The summed E-state index contributed by atoms with van der Waals surface area (Å²) in [6, 6.07) is 9.72. The molecule has 1 aromatic rings. The Morgan fingerprint density at radius 2 is 1.43 bits per heavy atom. The minimum absolute atomic E-state index is 0.131. The van der Waals surface area contributed by atoms with Crippen molar-refractivity contribution in [3.63, 3.8) is 0 Å². The molecule has 0 fully saturated rings. The molecule has 0 saturated heterocycles. The first kappa shape index (κ1) is 21.2. The number of carboxylic acid groups (broad SMARTS) is 1. The number of benzene rings is 1. The highest BCUT2D eigenvalue weighted by Gasteiger charge is 2.26. The topological polar surface area (TPSA) is 63.6 Å². The lowest BCUT2D eigenvalue weighted by Crippen LogP contribution is -2.25. The van der Waals surface area contributed by atoms with Crippen molar-refractivity contribution in [2.45, 2.75) is 61.0 Å². The van der Waals surface area contributed by atoms with Crippen LogP contribution >= 0.6 is 0 Å². The van der Waals surface area contributed by atoms with Crippen molar-refractivity contribution < 1.29 is 19.4 Å². The third kappa shape index (κ3) is 7.82. The molecule has 23 heavy (non-hydrogen) atoms. The lowest BCUT2D eigenvalue weighted by molar-refractivity contribution is -0.155. The van der Waals surface area contributed by atoms with E-state index in [1.165, 1.54) is 0 Å². The fourth-order valence-electron chi connectivity index (χ4n) is 1.21. The number of aliphatic carboxylic acids is 1. The van der Waals surface area contributed by atoms with E-state index in [4.69, 9.17) is 9.84 Å². The third-order valence-electron chi connectivity index (χ3n) is 4.11. The summed E-state index contributed by atoms with van der Waals surface area (Å²) in [4.78, 5) is 21.9. The predicted molar refractivity (Wildman–Crippen MR) is 92.0 cm³/mol. The molecule has 0 unspecified atom stereocenters. The number of carbonyl (C=O) groups excluding carboxylic acids is 1. The van der Waals surface area contributed by atoms with Crippen LogP contribution in [0.15, 0.2) is 30.3 Å². The van der Waals surface area contributed by atoms with E-state index >= 15 is 0 Å². The first-order valence-electron chi connectivity index (χ1n) is 8.01. The summed E-state index contributed by atoms with van der Waals surface area (Å²) in [6.07, 6.45) is 1.48. The minimum Gasteiger partial charge on any atom is -0.481 e. The Labute approximate surface area is 139 Å². The summed E-state index contributed by atoms with van der Waals surface area (Å²) in [5.41, 5.74) is 0.104. The molecule has 0 bridgehead atoms. The first-order chi connectivity index (χ1) is 10.6. The number of esters is 1. The SMILES string of the molecule is CCC(C)(C)C(=O)O.CCC(C)(C)C(=O)OCc1ccccc1. The molecule has 4 nitrogen and oxygen atoms in total. The molecule has 0 spiro atoms. The summed E-state index contributed by atoms with van der Waals surface area (Å²) in [5, 5.41) is 8.44. The van der Waals surface area contributed by atoms with Gasteiger partial charge in [0, 0.05) is 0 Å². The van der Waals surface area contributed by atoms with Crippen LogP contribution in [0.5, 0.6) is 0 Å². The van der Waals surface area contributed by atoms with E-state index < -0.39 is 11.4 Å². The molecular weight excluding hydrogens is 292 g/mol. The number of hydrogen-bond acceptors (Lipinski definition) is 3. The van der Waals surface area contributed by atoms with E-state index in [9.17, 15) is 9.59 Å². The second-order valence-corrected chi connectivity index (χ2v) is 6.84. The zero-order chi connectivity index (χ0) is 18.1. The van der Waals surface area contributed by atoms with Crippen molar-refractivity contribution >= 4 is 11.9 Å². The molecule has 0 aromatic heterocycles. The fourth-order valence-corrected chi connectivity index (χ4v) is 1.21. The van der Waals surface area contributed by atoms with E-state index in [1.54, 1.807) is 13.8 Å². The van der Waals surface area contributed by atoms with E-state index in [1.807, 2.05) is 58.0 Å². The fraction of sp³-hybridized carbons (Fsp3) is 0.579. The quantitative estimate of drug-likeness (QED) is 0.773. The van der Waals surface area contributed by atoms with E-state index in [0.29, 0.717) is 13.0 Å². The van der Waals surface area contributed by atoms with Crippen LogP contribution in [-0.2, 0) is 20.9 Å². The highest BCUT2D eigenvalue weighted by atomic mass is 16.5. The highest BCUT2D eigenvalue weighted by molar-refractivity contribution is 5.75. The van der Waals surface area contributed by atoms with Gasteiger partial charge in [0.1, 0.15) is 6.61 Å². The first-order valence-corrected chi connectivity index (χ1v) is 8.01. The van der Waals surface area contributed by atoms with Crippen molar-refractivity contribution in [3.8, 4) is 0 Å². The van der Waals surface area contributed by atoms with Gasteiger partial charge in [0.05, 0.1) is 10.8 Å².